The average molecular weight is 299 g/mol. The summed E-state index contributed by atoms with van der Waals surface area (Å²) in [6, 6.07) is 0. The van der Waals surface area contributed by atoms with Gasteiger partial charge in [0, 0.05) is 32.1 Å². The maximum absolute atomic E-state index is 12.0. The number of hydrogen-bond acceptors (Lipinski definition) is 6. The standard InChI is InChI=1S/C12H17N3O2S2/c1-3-4-10-13-14-12(19-10)15-6-9(5-11(15)17)7-18-8(2)16/h9H,3-7H2,1-2H3. The maximum atomic E-state index is 12.0. The lowest BCUT2D eigenvalue weighted by Crippen LogP contribution is -2.24. The number of anilines is 1. The number of carbonyl (C=O) groups excluding carboxylic acids is 2. The minimum absolute atomic E-state index is 0.0911. The number of carbonyl (C=O) groups is 2. The topological polar surface area (TPSA) is 63.2 Å². The van der Waals surface area contributed by atoms with Gasteiger partial charge >= 0.3 is 0 Å². The highest BCUT2D eigenvalue weighted by Crippen LogP contribution is 2.29. The summed E-state index contributed by atoms with van der Waals surface area (Å²) in [6.45, 7) is 4.30. The molecule has 1 aromatic rings. The zero-order valence-corrected chi connectivity index (χ0v) is 12.7. The molecule has 0 saturated carbocycles. The van der Waals surface area contributed by atoms with Crippen molar-refractivity contribution >= 4 is 39.3 Å². The summed E-state index contributed by atoms with van der Waals surface area (Å²) in [6.07, 6.45) is 2.44. The Bertz CT molecular complexity index is 475. The highest BCUT2D eigenvalue weighted by Gasteiger charge is 2.32. The number of hydrogen-bond donors (Lipinski definition) is 0. The Morgan fingerprint density at radius 1 is 1.53 bits per heavy atom. The lowest BCUT2D eigenvalue weighted by molar-refractivity contribution is -0.117. The summed E-state index contributed by atoms with van der Waals surface area (Å²) in [5.41, 5.74) is 0. The average Bonchev–Trinajstić information content (AvgIpc) is 2.94. The summed E-state index contributed by atoms with van der Waals surface area (Å²) >= 11 is 2.78. The van der Waals surface area contributed by atoms with Gasteiger partial charge in [0.2, 0.25) is 11.0 Å². The molecule has 2 heterocycles. The molecule has 1 atom stereocenters. The van der Waals surface area contributed by atoms with Crippen LogP contribution in [0.2, 0.25) is 0 Å². The first kappa shape index (κ1) is 14.5. The number of thioether (sulfide) groups is 1. The van der Waals surface area contributed by atoms with Gasteiger partial charge in [0.1, 0.15) is 5.01 Å². The second-order valence-electron chi connectivity index (χ2n) is 4.61. The first-order valence-corrected chi connectivity index (χ1v) is 8.16. The molecule has 0 bridgehead atoms. The maximum Gasteiger partial charge on any atom is 0.229 e. The van der Waals surface area contributed by atoms with E-state index < -0.39 is 0 Å². The van der Waals surface area contributed by atoms with E-state index in [-0.39, 0.29) is 16.9 Å². The number of nitrogens with zero attached hydrogens (tertiary/aromatic N) is 3. The van der Waals surface area contributed by atoms with Crippen LogP contribution in [0.15, 0.2) is 0 Å². The second kappa shape index (κ2) is 6.47. The van der Waals surface area contributed by atoms with Crippen molar-refractivity contribution in [2.24, 2.45) is 5.92 Å². The molecule has 1 aromatic heterocycles. The third-order valence-electron chi connectivity index (χ3n) is 2.88. The summed E-state index contributed by atoms with van der Waals surface area (Å²) in [4.78, 5) is 24.6. The lowest BCUT2D eigenvalue weighted by atomic mass is 10.1. The van der Waals surface area contributed by atoms with E-state index >= 15 is 0 Å². The summed E-state index contributed by atoms with van der Waals surface area (Å²) in [5.74, 6) is 1.03. The van der Waals surface area contributed by atoms with Gasteiger partial charge in [-0.2, -0.15) is 0 Å². The molecule has 7 heteroatoms. The largest absolute Gasteiger partial charge is 0.288 e. The molecule has 19 heavy (non-hydrogen) atoms. The Balaban J connectivity index is 1.96. The van der Waals surface area contributed by atoms with Gasteiger partial charge in [-0.15, -0.1) is 10.2 Å². The zero-order chi connectivity index (χ0) is 13.8. The highest BCUT2D eigenvalue weighted by molar-refractivity contribution is 8.13. The molecule has 5 nitrogen and oxygen atoms in total. The smallest absolute Gasteiger partial charge is 0.229 e. The van der Waals surface area contributed by atoms with E-state index in [1.165, 1.54) is 23.1 Å². The SMILES string of the molecule is CCCc1nnc(N2CC(CSC(C)=O)CC2=O)s1. The van der Waals surface area contributed by atoms with Gasteiger partial charge in [-0.3, -0.25) is 14.5 Å². The molecule has 0 N–H and O–H groups in total. The molecule has 1 aliphatic heterocycles. The van der Waals surface area contributed by atoms with Gasteiger partial charge in [-0.25, -0.2) is 0 Å². The van der Waals surface area contributed by atoms with Crippen molar-refractivity contribution in [1.29, 1.82) is 0 Å². The third-order valence-corrected chi connectivity index (χ3v) is 4.93. The van der Waals surface area contributed by atoms with Crippen LogP contribution in [0.25, 0.3) is 0 Å². The second-order valence-corrected chi connectivity index (χ2v) is 6.84. The van der Waals surface area contributed by atoms with Crippen molar-refractivity contribution in [3.8, 4) is 0 Å². The van der Waals surface area contributed by atoms with Gasteiger partial charge < -0.3 is 0 Å². The normalized spacial score (nSPS) is 19.2. The molecule has 2 rings (SSSR count). The van der Waals surface area contributed by atoms with Crippen LogP contribution in [-0.4, -0.2) is 33.5 Å². The lowest BCUT2D eigenvalue weighted by Gasteiger charge is -2.11. The van der Waals surface area contributed by atoms with Gasteiger partial charge in [0.15, 0.2) is 5.12 Å². The van der Waals surface area contributed by atoms with Crippen LogP contribution in [-0.2, 0) is 16.0 Å². The molecule has 1 amide bonds. The Hall–Kier alpha value is -0.950. The molecule has 0 aromatic carbocycles. The first-order valence-electron chi connectivity index (χ1n) is 6.36. The fourth-order valence-corrected chi connectivity index (χ4v) is 3.64. The van der Waals surface area contributed by atoms with Crippen molar-refractivity contribution in [2.75, 3.05) is 17.2 Å². The molecule has 0 radical (unpaired) electrons. The Morgan fingerprint density at radius 3 is 3.00 bits per heavy atom. The summed E-state index contributed by atoms with van der Waals surface area (Å²) < 4.78 is 0. The van der Waals surface area contributed by atoms with E-state index in [0.717, 1.165) is 17.8 Å². The number of aromatic nitrogens is 2. The van der Waals surface area contributed by atoms with Crippen LogP contribution in [0.3, 0.4) is 0 Å². The fraction of sp³-hybridized carbons (Fsp3) is 0.667. The van der Waals surface area contributed by atoms with Crippen LogP contribution in [0, 0.1) is 5.92 Å². The van der Waals surface area contributed by atoms with Gasteiger partial charge in [0.25, 0.3) is 0 Å². The van der Waals surface area contributed by atoms with Crippen molar-refractivity contribution in [1.82, 2.24) is 10.2 Å². The molecule has 1 aliphatic rings. The number of aryl methyl sites for hydroxylation is 1. The molecule has 1 saturated heterocycles. The van der Waals surface area contributed by atoms with Crippen molar-refractivity contribution in [3.63, 3.8) is 0 Å². The van der Waals surface area contributed by atoms with Crippen LogP contribution in [0.5, 0.6) is 0 Å². The van der Waals surface area contributed by atoms with Gasteiger partial charge in [0.05, 0.1) is 0 Å². The quantitative estimate of drug-likeness (QED) is 0.833. The molecule has 1 fully saturated rings. The predicted octanol–water partition coefficient (Wildman–Crippen LogP) is 2.12. The van der Waals surface area contributed by atoms with Crippen molar-refractivity contribution in [3.05, 3.63) is 5.01 Å². The zero-order valence-electron chi connectivity index (χ0n) is 11.1. The van der Waals surface area contributed by atoms with Crippen molar-refractivity contribution in [2.45, 2.75) is 33.1 Å². The number of amides is 1. The fourth-order valence-electron chi connectivity index (χ4n) is 1.98. The molecule has 0 aliphatic carbocycles. The molecular weight excluding hydrogens is 282 g/mol. The van der Waals surface area contributed by atoms with Crippen LogP contribution < -0.4 is 4.90 Å². The summed E-state index contributed by atoms with van der Waals surface area (Å²) in [5, 5.41) is 9.98. The van der Waals surface area contributed by atoms with Crippen LogP contribution in [0.1, 0.15) is 31.7 Å². The molecule has 104 valence electrons. The highest BCUT2D eigenvalue weighted by atomic mass is 32.2. The van der Waals surface area contributed by atoms with E-state index in [0.29, 0.717) is 23.8 Å². The Morgan fingerprint density at radius 2 is 2.32 bits per heavy atom. The first-order chi connectivity index (χ1) is 9.10. The number of rotatable bonds is 5. The third kappa shape index (κ3) is 3.76. The van der Waals surface area contributed by atoms with Gasteiger partial charge in [-0.05, 0) is 12.3 Å². The van der Waals surface area contributed by atoms with Gasteiger partial charge in [-0.1, -0.05) is 30.0 Å². The molecular formula is C12H17N3O2S2. The Kier molecular flexibility index (Phi) is 4.93. The van der Waals surface area contributed by atoms with Crippen molar-refractivity contribution < 1.29 is 9.59 Å². The Labute approximate surface area is 120 Å². The van der Waals surface area contributed by atoms with E-state index in [1.807, 2.05) is 0 Å². The van der Waals surface area contributed by atoms with Crippen LogP contribution >= 0.6 is 23.1 Å². The molecule has 1 unspecified atom stereocenters. The van der Waals surface area contributed by atoms with E-state index in [2.05, 4.69) is 17.1 Å². The van der Waals surface area contributed by atoms with Crippen LogP contribution in [0.4, 0.5) is 5.13 Å². The minimum Gasteiger partial charge on any atom is -0.288 e. The summed E-state index contributed by atoms with van der Waals surface area (Å²) in [7, 11) is 0. The van der Waals surface area contributed by atoms with E-state index in [9.17, 15) is 9.59 Å². The molecule has 0 spiro atoms. The predicted molar refractivity (Wildman–Crippen MR) is 77.5 cm³/mol. The minimum atomic E-state index is 0.0911. The van der Waals surface area contributed by atoms with E-state index in [1.54, 1.807) is 11.8 Å². The monoisotopic (exact) mass is 299 g/mol. The van der Waals surface area contributed by atoms with E-state index in [4.69, 9.17) is 0 Å².